The number of aliphatic hydroxyl groups excluding tert-OH is 1. The van der Waals surface area contributed by atoms with Crippen LogP contribution in [0.2, 0.25) is 0 Å². The zero-order valence-corrected chi connectivity index (χ0v) is 9.59. The summed E-state index contributed by atoms with van der Waals surface area (Å²) >= 11 is 0. The highest BCUT2D eigenvalue weighted by molar-refractivity contribution is 5.82. The molecular weight excluding hydrogens is 196 g/mol. The van der Waals surface area contributed by atoms with E-state index in [0.717, 1.165) is 0 Å². The molecule has 2 amide bonds. The molecule has 5 heteroatoms. The van der Waals surface area contributed by atoms with Crippen molar-refractivity contribution >= 4 is 11.8 Å². The Balaban J connectivity index is 3.78. The van der Waals surface area contributed by atoms with Crippen molar-refractivity contribution < 1.29 is 14.7 Å². The largest absolute Gasteiger partial charge is 0.395 e. The molecule has 0 aromatic carbocycles. The van der Waals surface area contributed by atoms with E-state index >= 15 is 0 Å². The third-order valence-electron chi connectivity index (χ3n) is 2.02. The van der Waals surface area contributed by atoms with E-state index in [2.05, 4.69) is 10.6 Å². The molecule has 0 heterocycles. The summed E-state index contributed by atoms with van der Waals surface area (Å²) in [6, 6.07) is 0. The zero-order valence-electron chi connectivity index (χ0n) is 9.59. The van der Waals surface area contributed by atoms with Gasteiger partial charge in [-0.25, -0.2) is 0 Å². The van der Waals surface area contributed by atoms with Crippen LogP contribution in [-0.2, 0) is 9.59 Å². The standard InChI is InChI=1S/C10H20N2O3/c1-4-11-8(14)5-6-12-9(15)10(2,3)7-13/h13H,4-7H2,1-3H3,(H,11,14)(H,12,15). The zero-order chi connectivity index (χ0) is 11.9. The minimum atomic E-state index is -0.790. The lowest BCUT2D eigenvalue weighted by Gasteiger charge is -2.20. The SMILES string of the molecule is CCNC(=O)CCNC(=O)C(C)(C)CO. The number of amides is 2. The van der Waals surface area contributed by atoms with E-state index in [4.69, 9.17) is 5.11 Å². The molecule has 0 radical (unpaired) electrons. The first kappa shape index (κ1) is 13.9. The van der Waals surface area contributed by atoms with Crippen molar-refractivity contribution in [1.29, 1.82) is 0 Å². The van der Waals surface area contributed by atoms with Crippen molar-refractivity contribution in [2.24, 2.45) is 5.41 Å². The summed E-state index contributed by atoms with van der Waals surface area (Å²) in [7, 11) is 0. The summed E-state index contributed by atoms with van der Waals surface area (Å²) in [6.07, 6.45) is 0.265. The fourth-order valence-corrected chi connectivity index (χ4v) is 0.886. The van der Waals surface area contributed by atoms with Gasteiger partial charge in [0.05, 0.1) is 12.0 Å². The second-order valence-electron chi connectivity index (χ2n) is 4.00. The van der Waals surface area contributed by atoms with Crippen LogP contribution in [0.3, 0.4) is 0 Å². The lowest BCUT2D eigenvalue weighted by Crippen LogP contribution is -2.40. The molecule has 88 valence electrons. The fourth-order valence-electron chi connectivity index (χ4n) is 0.886. The second kappa shape index (κ2) is 6.40. The van der Waals surface area contributed by atoms with Crippen LogP contribution in [0.15, 0.2) is 0 Å². The number of hydrogen-bond acceptors (Lipinski definition) is 3. The van der Waals surface area contributed by atoms with Crippen LogP contribution >= 0.6 is 0 Å². The van der Waals surface area contributed by atoms with Gasteiger partial charge >= 0.3 is 0 Å². The van der Waals surface area contributed by atoms with E-state index in [-0.39, 0.29) is 24.8 Å². The van der Waals surface area contributed by atoms with Gasteiger partial charge in [-0.05, 0) is 20.8 Å². The number of carbonyl (C=O) groups excluding carboxylic acids is 2. The van der Waals surface area contributed by atoms with Gasteiger partial charge in [-0.3, -0.25) is 9.59 Å². The Morgan fingerprint density at radius 1 is 1.27 bits per heavy atom. The van der Waals surface area contributed by atoms with Crippen LogP contribution in [0.5, 0.6) is 0 Å². The van der Waals surface area contributed by atoms with Crippen molar-refractivity contribution in [1.82, 2.24) is 10.6 Å². The van der Waals surface area contributed by atoms with Crippen LogP contribution in [-0.4, -0.2) is 36.6 Å². The van der Waals surface area contributed by atoms with Gasteiger partial charge in [0.1, 0.15) is 0 Å². The van der Waals surface area contributed by atoms with Crippen molar-refractivity contribution in [3.05, 3.63) is 0 Å². The first-order chi connectivity index (χ1) is 6.94. The highest BCUT2D eigenvalue weighted by atomic mass is 16.3. The van der Waals surface area contributed by atoms with Crippen LogP contribution in [0.25, 0.3) is 0 Å². The fraction of sp³-hybridized carbons (Fsp3) is 0.800. The molecule has 0 aliphatic heterocycles. The Morgan fingerprint density at radius 3 is 2.33 bits per heavy atom. The molecule has 0 aliphatic rings. The van der Waals surface area contributed by atoms with Crippen molar-refractivity contribution in [3.8, 4) is 0 Å². The quantitative estimate of drug-likeness (QED) is 0.567. The molecule has 0 aromatic heterocycles. The summed E-state index contributed by atoms with van der Waals surface area (Å²) in [5.41, 5.74) is -0.790. The first-order valence-corrected chi connectivity index (χ1v) is 5.10. The Hall–Kier alpha value is -1.10. The minimum absolute atomic E-state index is 0.0837. The van der Waals surface area contributed by atoms with Gasteiger partial charge in [-0.15, -0.1) is 0 Å². The van der Waals surface area contributed by atoms with Gasteiger partial charge in [-0.2, -0.15) is 0 Å². The van der Waals surface area contributed by atoms with E-state index in [1.54, 1.807) is 13.8 Å². The average molecular weight is 216 g/mol. The molecule has 0 bridgehead atoms. The molecule has 0 aromatic rings. The second-order valence-corrected chi connectivity index (χ2v) is 4.00. The smallest absolute Gasteiger partial charge is 0.227 e. The number of aliphatic hydroxyl groups is 1. The predicted molar refractivity (Wildman–Crippen MR) is 57.2 cm³/mol. The van der Waals surface area contributed by atoms with E-state index in [0.29, 0.717) is 13.1 Å². The van der Waals surface area contributed by atoms with Crippen LogP contribution in [0.1, 0.15) is 27.2 Å². The molecular formula is C10H20N2O3. The molecule has 0 atom stereocenters. The van der Waals surface area contributed by atoms with Gasteiger partial charge in [0.25, 0.3) is 0 Å². The third-order valence-corrected chi connectivity index (χ3v) is 2.02. The van der Waals surface area contributed by atoms with E-state index in [9.17, 15) is 9.59 Å². The molecule has 0 fully saturated rings. The summed E-state index contributed by atoms with van der Waals surface area (Å²) in [5.74, 6) is -0.325. The molecule has 0 saturated heterocycles. The Labute approximate surface area is 90.2 Å². The van der Waals surface area contributed by atoms with Gasteiger partial charge in [-0.1, -0.05) is 0 Å². The number of rotatable bonds is 6. The Kier molecular flexibility index (Phi) is 5.93. The van der Waals surface area contributed by atoms with Crippen LogP contribution < -0.4 is 10.6 Å². The monoisotopic (exact) mass is 216 g/mol. The third kappa shape index (κ3) is 5.37. The summed E-state index contributed by atoms with van der Waals surface area (Å²) < 4.78 is 0. The lowest BCUT2D eigenvalue weighted by atomic mass is 9.94. The van der Waals surface area contributed by atoms with Gasteiger partial charge in [0.15, 0.2) is 0 Å². The van der Waals surface area contributed by atoms with Crippen LogP contribution in [0, 0.1) is 5.41 Å². The van der Waals surface area contributed by atoms with Crippen LogP contribution in [0.4, 0.5) is 0 Å². The number of carbonyl (C=O) groups is 2. The van der Waals surface area contributed by atoms with Crippen molar-refractivity contribution in [2.45, 2.75) is 27.2 Å². The molecule has 5 nitrogen and oxygen atoms in total. The molecule has 3 N–H and O–H groups in total. The topological polar surface area (TPSA) is 78.4 Å². The molecule has 0 aliphatic carbocycles. The van der Waals surface area contributed by atoms with Crippen molar-refractivity contribution in [2.75, 3.05) is 19.7 Å². The molecule has 0 spiro atoms. The molecule has 15 heavy (non-hydrogen) atoms. The maximum atomic E-state index is 11.4. The highest BCUT2D eigenvalue weighted by Crippen LogP contribution is 2.12. The van der Waals surface area contributed by atoms with E-state index < -0.39 is 5.41 Å². The summed E-state index contributed by atoms with van der Waals surface area (Å²) in [6.45, 7) is 5.82. The number of nitrogens with one attached hydrogen (secondary N) is 2. The van der Waals surface area contributed by atoms with Crippen molar-refractivity contribution in [3.63, 3.8) is 0 Å². The van der Waals surface area contributed by atoms with Gasteiger partial charge in [0.2, 0.25) is 11.8 Å². The maximum absolute atomic E-state index is 11.4. The normalized spacial score (nSPS) is 10.9. The maximum Gasteiger partial charge on any atom is 0.227 e. The minimum Gasteiger partial charge on any atom is -0.395 e. The van der Waals surface area contributed by atoms with Gasteiger partial charge < -0.3 is 15.7 Å². The van der Waals surface area contributed by atoms with Gasteiger partial charge in [0, 0.05) is 19.5 Å². The summed E-state index contributed by atoms with van der Waals surface area (Å²) in [5, 5.41) is 14.2. The molecule has 0 rings (SSSR count). The summed E-state index contributed by atoms with van der Waals surface area (Å²) in [4.78, 5) is 22.5. The Bertz CT molecular complexity index is 227. The predicted octanol–water partition coefficient (Wildman–Crippen LogP) is -0.353. The average Bonchev–Trinajstić information content (AvgIpc) is 2.18. The lowest BCUT2D eigenvalue weighted by molar-refractivity contribution is -0.131. The van der Waals surface area contributed by atoms with E-state index in [1.165, 1.54) is 0 Å². The number of hydrogen-bond donors (Lipinski definition) is 3. The highest BCUT2D eigenvalue weighted by Gasteiger charge is 2.25. The Morgan fingerprint density at radius 2 is 1.87 bits per heavy atom. The first-order valence-electron chi connectivity index (χ1n) is 5.10. The molecule has 0 saturated carbocycles. The molecule has 0 unspecified atom stereocenters. The van der Waals surface area contributed by atoms with E-state index in [1.807, 2.05) is 6.92 Å².